The normalized spacial score (nSPS) is 21.5. The number of carbonyl (C=O) groups excluding carboxylic acids is 2. The molecule has 1 saturated carbocycles. The number of nitrogens with one attached hydrogen (secondary N) is 2. The Hall–Kier alpha value is -5.04. The van der Waals surface area contributed by atoms with Gasteiger partial charge in [-0.25, -0.2) is 13.2 Å². The van der Waals surface area contributed by atoms with Gasteiger partial charge in [-0.05, 0) is 87.1 Å². The van der Waals surface area contributed by atoms with Crippen LogP contribution in [-0.2, 0) is 41.1 Å². The lowest BCUT2D eigenvalue weighted by molar-refractivity contribution is -0.401. The molecular weight excluding hydrogens is 805 g/mol. The predicted octanol–water partition coefficient (Wildman–Crippen LogP) is 6.23. The zero-order chi connectivity index (χ0) is 43.7. The van der Waals surface area contributed by atoms with Crippen LogP contribution in [0, 0.1) is 29.6 Å². The fourth-order valence-corrected chi connectivity index (χ4v) is 9.40. The Balaban J connectivity index is 0.00000163. The Kier molecular flexibility index (Phi) is 15.4. The number of alkyl carbamates (subject to hydrolysis) is 1. The van der Waals surface area contributed by atoms with Crippen molar-refractivity contribution in [2.75, 3.05) is 38.2 Å². The number of carbonyl (C=O) groups is 2. The fourth-order valence-electron chi connectivity index (χ4n) is 8.90. The highest BCUT2D eigenvalue weighted by molar-refractivity contribution is 7.85. The van der Waals surface area contributed by atoms with Crippen LogP contribution in [0.5, 0.6) is 0 Å². The molecule has 0 spiro atoms. The maximum absolute atomic E-state index is 12.5. The smallest absolute Gasteiger partial charge is 0.425 e. The van der Waals surface area contributed by atoms with E-state index >= 15 is 0 Å². The summed E-state index contributed by atoms with van der Waals surface area (Å²) in [6.07, 6.45) is 16.5. The molecule has 13 nitrogen and oxygen atoms in total. The van der Waals surface area contributed by atoms with Gasteiger partial charge in [0.25, 0.3) is 0 Å². The second kappa shape index (κ2) is 20.0. The topological polar surface area (TPSA) is 182 Å². The van der Waals surface area contributed by atoms with Crippen molar-refractivity contribution >= 4 is 49.8 Å². The number of anilines is 1. The van der Waals surface area contributed by atoms with Crippen molar-refractivity contribution < 1.29 is 44.5 Å². The molecule has 2 amide bonds. The van der Waals surface area contributed by atoms with Gasteiger partial charge in [0.05, 0.1) is 16.9 Å². The van der Waals surface area contributed by atoms with E-state index in [9.17, 15) is 22.6 Å². The molecule has 0 bridgehead atoms. The molecule has 2 aliphatic carbocycles. The second-order valence-electron chi connectivity index (χ2n) is 16.6. The highest BCUT2D eigenvalue weighted by Crippen LogP contribution is 2.52. The summed E-state index contributed by atoms with van der Waals surface area (Å²) in [5.41, 5.74) is 5.68. The van der Waals surface area contributed by atoms with Crippen molar-refractivity contribution in [2.45, 2.75) is 94.8 Å². The van der Waals surface area contributed by atoms with Gasteiger partial charge in [-0.1, -0.05) is 56.7 Å². The van der Waals surface area contributed by atoms with Crippen molar-refractivity contribution in [1.82, 2.24) is 10.6 Å². The fraction of sp³-hybridized carbons (Fsp3) is 0.489. The summed E-state index contributed by atoms with van der Waals surface area (Å²) < 4.78 is 68.9. The van der Waals surface area contributed by atoms with Crippen molar-refractivity contribution in [3.8, 4) is 11.8 Å². The third-order valence-corrected chi connectivity index (χ3v) is 12.9. The molecule has 1 unspecified atom stereocenters. The summed E-state index contributed by atoms with van der Waals surface area (Å²) in [7, 11) is -5.64. The van der Waals surface area contributed by atoms with E-state index in [0.29, 0.717) is 56.8 Å². The third kappa shape index (κ3) is 11.4. The van der Waals surface area contributed by atoms with E-state index in [1.165, 1.54) is 29.1 Å². The standard InChI is InChI=1S/C45H56N4O6S.O3S/c1-44(2)36-20-15-16-21-38(36)48(5)40(44)22-12-8-13-23-41-45(3,4)37-30-32(56(52,53)54)25-26-39(37)49(41)29-17-9-14-24-42(50)46-27-28-47-43(51)55-31-35-33-18-10-6-7-11-19-34(33)35;1-4(2)3/h8,12-13,15-16,20-23,25-26,30,33-35H,9-11,14,17-19,24,27-29,31H2,1-5H3,(H2-,46,47,50,51,52,53,54);/t33-,34+,35?;. The summed E-state index contributed by atoms with van der Waals surface area (Å²) in [6, 6.07) is 13.1. The average molecular weight is 861 g/mol. The van der Waals surface area contributed by atoms with E-state index in [0.717, 1.165) is 55.5 Å². The average Bonchev–Trinajstić information content (AvgIpc) is 3.71. The quantitative estimate of drug-likeness (QED) is 0.0685. The molecule has 60 heavy (non-hydrogen) atoms. The molecule has 15 heteroatoms. The van der Waals surface area contributed by atoms with Crippen molar-refractivity contribution in [3.05, 3.63) is 89.7 Å². The summed E-state index contributed by atoms with van der Waals surface area (Å²) in [4.78, 5) is 26.7. The maximum atomic E-state index is 12.5. The summed E-state index contributed by atoms with van der Waals surface area (Å²) in [5.74, 6) is 8.02. The van der Waals surface area contributed by atoms with Crippen LogP contribution in [0.25, 0.3) is 0 Å². The van der Waals surface area contributed by atoms with Gasteiger partial charge in [0, 0.05) is 73.4 Å². The van der Waals surface area contributed by atoms with Gasteiger partial charge >= 0.3 is 16.7 Å². The molecule has 0 radical (unpaired) electrons. The minimum absolute atomic E-state index is 0.0661. The number of hydrogen-bond acceptors (Lipinski definition) is 10. The molecule has 2 N–H and O–H groups in total. The highest BCUT2D eigenvalue weighted by atomic mass is 32.2. The number of unbranched alkanes of at least 4 members (excludes halogenated alkanes) is 2. The molecule has 0 saturated heterocycles. The molecule has 2 aliphatic heterocycles. The largest absolute Gasteiger partial charge is 0.744 e. The molecular formula is C45H56N4O9S2. The minimum Gasteiger partial charge on any atom is -0.744 e. The van der Waals surface area contributed by atoms with Crippen LogP contribution in [-0.4, -0.2) is 81.2 Å². The monoisotopic (exact) mass is 860 g/mol. The molecule has 1 fully saturated rings. The molecule has 0 aromatic heterocycles. The molecule has 4 aliphatic rings. The number of nitrogens with zero attached hydrogens (tertiary/aromatic N) is 2. The molecule has 3 atom stereocenters. The van der Waals surface area contributed by atoms with Crippen molar-refractivity contribution in [2.24, 2.45) is 17.8 Å². The zero-order valence-electron chi connectivity index (χ0n) is 35.0. The molecule has 6 rings (SSSR count). The summed E-state index contributed by atoms with van der Waals surface area (Å²) >= 11 is 0. The zero-order valence-corrected chi connectivity index (χ0v) is 36.7. The molecule has 2 aromatic carbocycles. The van der Waals surface area contributed by atoms with Gasteiger partial charge < -0.3 is 24.8 Å². The Morgan fingerprint density at radius 1 is 0.917 bits per heavy atom. The number of benzene rings is 2. The number of rotatable bonds is 15. The van der Waals surface area contributed by atoms with Gasteiger partial charge in [-0.3, -0.25) is 4.79 Å². The lowest BCUT2D eigenvalue weighted by Crippen LogP contribution is -2.35. The first kappa shape index (κ1) is 46.0. The lowest BCUT2D eigenvalue weighted by atomic mass is 9.81. The highest BCUT2D eigenvalue weighted by Gasteiger charge is 2.49. The van der Waals surface area contributed by atoms with E-state index in [1.807, 2.05) is 32.1 Å². The van der Waals surface area contributed by atoms with E-state index in [2.05, 4.69) is 89.3 Å². The van der Waals surface area contributed by atoms with Crippen molar-refractivity contribution in [1.29, 1.82) is 0 Å². The Labute approximate surface area is 355 Å². The lowest BCUT2D eigenvalue weighted by Gasteiger charge is -2.27. The van der Waals surface area contributed by atoms with E-state index in [1.54, 1.807) is 6.07 Å². The molecule has 322 valence electrons. The van der Waals surface area contributed by atoms with Crippen LogP contribution in [0.4, 0.5) is 16.2 Å². The van der Waals surface area contributed by atoms with Crippen LogP contribution in [0.1, 0.15) is 90.2 Å². The number of allylic oxidation sites excluding steroid dienone is 6. The van der Waals surface area contributed by atoms with E-state index in [-0.39, 0.29) is 16.2 Å². The third-order valence-electron chi connectivity index (χ3n) is 12.1. The Morgan fingerprint density at radius 3 is 2.25 bits per heavy atom. The first-order valence-corrected chi connectivity index (χ1v) is 22.9. The number of para-hydroxylation sites is 1. The van der Waals surface area contributed by atoms with Crippen LogP contribution >= 0.6 is 0 Å². The number of hydrogen-bond donors (Lipinski definition) is 2. The van der Waals surface area contributed by atoms with Crippen molar-refractivity contribution in [3.63, 3.8) is 0 Å². The molecule has 2 heterocycles. The number of amides is 2. The van der Waals surface area contributed by atoms with E-state index < -0.39 is 32.2 Å². The number of fused-ring (bicyclic) bond motifs is 3. The summed E-state index contributed by atoms with van der Waals surface area (Å²) in [5, 5.41) is 5.61. The van der Waals surface area contributed by atoms with Gasteiger partial charge in [0.1, 0.15) is 17.2 Å². The maximum Gasteiger partial charge on any atom is 0.425 e. The Morgan fingerprint density at radius 2 is 1.58 bits per heavy atom. The Bertz CT molecular complexity index is 2330. The predicted molar refractivity (Wildman–Crippen MR) is 229 cm³/mol. The number of ether oxygens (including phenoxy) is 1. The summed E-state index contributed by atoms with van der Waals surface area (Å²) in [6.45, 7) is 10.3. The minimum atomic E-state index is -4.62. The SMILES string of the molecule is C[N+]1=C(C=CC=CC=C2N(CCCCCC(=O)NCCNC(=O)OCC3[C@H]4CCC#CCC[C@@H]34)c3ccc(S(=O)(=O)[O-])cc3C2(C)C)C(C)(C)c2ccccc21.O=S(=O)=O. The first-order valence-electron chi connectivity index (χ1n) is 20.5. The second-order valence-corrected chi connectivity index (χ2v) is 18.4. The van der Waals surface area contributed by atoms with Crippen LogP contribution in [0.3, 0.4) is 0 Å². The van der Waals surface area contributed by atoms with Crippen LogP contribution < -0.4 is 15.5 Å². The first-order chi connectivity index (χ1) is 28.4. The van der Waals surface area contributed by atoms with Gasteiger partial charge in [-0.2, -0.15) is 4.58 Å². The van der Waals surface area contributed by atoms with E-state index in [4.69, 9.17) is 17.4 Å². The van der Waals surface area contributed by atoms with Crippen LogP contribution in [0.2, 0.25) is 0 Å². The molecule has 2 aromatic rings. The van der Waals surface area contributed by atoms with Gasteiger partial charge in [-0.15, -0.1) is 24.5 Å². The van der Waals surface area contributed by atoms with Crippen LogP contribution in [0.15, 0.2) is 83.4 Å². The van der Waals surface area contributed by atoms with Gasteiger partial charge in [0.2, 0.25) is 11.6 Å². The van der Waals surface area contributed by atoms with Gasteiger partial charge in [0.15, 0.2) is 5.71 Å².